The van der Waals surface area contributed by atoms with Gasteiger partial charge in [0.25, 0.3) is 0 Å². The Bertz CT molecular complexity index is 1380. The van der Waals surface area contributed by atoms with Crippen molar-refractivity contribution in [3.05, 3.63) is 36.5 Å². The van der Waals surface area contributed by atoms with Gasteiger partial charge in [-0.25, -0.2) is 0 Å². The minimum absolute atomic E-state index is 0.0716. The molecule has 6 nitrogen and oxygen atoms in total. The quantitative estimate of drug-likeness (QED) is 0.0261. The van der Waals surface area contributed by atoms with Crippen molar-refractivity contribution in [3.8, 4) is 0 Å². The van der Waals surface area contributed by atoms with Crippen LogP contribution in [0.15, 0.2) is 36.5 Å². The Morgan fingerprint density at radius 3 is 0.735 bits per heavy atom. The fraction of sp³-hybridized carbons (Fsp3) is 0.883. The molecule has 0 aliphatic rings. The van der Waals surface area contributed by atoms with Crippen molar-refractivity contribution < 1.29 is 28.6 Å². The predicted octanol–water partition coefficient (Wildman–Crippen LogP) is 25.9. The second-order valence-electron chi connectivity index (χ2n) is 25.5. The van der Waals surface area contributed by atoms with E-state index in [4.69, 9.17) is 14.2 Å². The molecular formula is C77H144O6. The van der Waals surface area contributed by atoms with Gasteiger partial charge in [0.05, 0.1) is 0 Å². The van der Waals surface area contributed by atoms with Gasteiger partial charge in [-0.1, -0.05) is 385 Å². The highest BCUT2D eigenvalue weighted by atomic mass is 16.6. The first-order chi connectivity index (χ1) is 41.0. The number of carbonyl (C=O) groups is 3. The highest BCUT2D eigenvalue weighted by Gasteiger charge is 2.20. The van der Waals surface area contributed by atoms with Crippen LogP contribution in [0.1, 0.15) is 419 Å². The lowest BCUT2D eigenvalue weighted by Gasteiger charge is -2.18. The monoisotopic (exact) mass is 1170 g/mol. The summed E-state index contributed by atoms with van der Waals surface area (Å²) in [6.45, 7) is 6.61. The third-order valence-corrected chi connectivity index (χ3v) is 17.2. The number of esters is 3. The Kier molecular flexibility index (Phi) is 70.0. The van der Waals surface area contributed by atoms with E-state index in [1.165, 1.54) is 283 Å². The molecule has 0 aromatic carbocycles. The Hall–Kier alpha value is -2.37. The second kappa shape index (κ2) is 72.1. The fourth-order valence-corrected chi connectivity index (χ4v) is 11.6. The number of ether oxygens (including phenoxy) is 3. The number of hydrogen-bond acceptors (Lipinski definition) is 6. The second-order valence-corrected chi connectivity index (χ2v) is 25.5. The van der Waals surface area contributed by atoms with Gasteiger partial charge in [-0.15, -0.1) is 0 Å². The molecule has 0 aromatic heterocycles. The van der Waals surface area contributed by atoms with Crippen molar-refractivity contribution in [2.45, 2.75) is 425 Å². The van der Waals surface area contributed by atoms with Crippen molar-refractivity contribution in [3.63, 3.8) is 0 Å². The van der Waals surface area contributed by atoms with E-state index in [9.17, 15) is 14.4 Å². The van der Waals surface area contributed by atoms with E-state index in [0.717, 1.165) is 96.3 Å². The Labute approximate surface area is 518 Å². The van der Waals surface area contributed by atoms with Crippen molar-refractivity contribution in [1.29, 1.82) is 0 Å². The number of hydrogen-bond donors (Lipinski definition) is 0. The van der Waals surface area contributed by atoms with Gasteiger partial charge in [0, 0.05) is 19.3 Å². The van der Waals surface area contributed by atoms with Gasteiger partial charge in [-0.2, -0.15) is 0 Å². The Morgan fingerprint density at radius 2 is 0.470 bits per heavy atom. The zero-order chi connectivity index (χ0) is 59.9. The third-order valence-electron chi connectivity index (χ3n) is 17.2. The zero-order valence-corrected chi connectivity index (χ0v) is 56.2. The lowest BCUT2D eigenvalue weighted by Crippen LogP contribution is -2.30. The van der Waals surface area contributed by atoms with Crippen molar-refractivity contribution in [1.82, 2.24) is 0 Å². The van der Waals surface area contributed by atoms with E-state index in [2.05, 4.69) is 57.2 Å². The Morgan fingerprint density at radius 1 is 0.253 bits per heavy atom. The molecule has 0 aliphatic carbocycles. The molecule has 83 heavy (non-hydrogen) atoms. The maximum atomic E-state index is 13.0. The van der Waals surface area contributed by atoms with Crippen LogP contribution in [0.3, 0.4) is 0 Å². The molecule has 6 heteroatoms. The summed E-state index contributed by atoms with van der Waals surface area (Å²) in [5, 5.41) is 0. The Balaban J connectivity index is 4.22. The first kappa shape index (κ1) is 80.6. The topological polar surface area (TPSA) is 78.9 Å². The minimum atomic E-state index is -0.778. The number of unbranched alkanes of at least 4 members (excludes halogenated alkanes) is 53. The molecule has 1 atom stereocenters. The predicted molar refractivity (Wildman–Crippen MR) is 362 cm³/mol. The lowest BCUT2D eigenvalue weighted by atomic mass is 10.0. The number of rotatable bonds is 70. The van der Waals surface area contributed by atoms with Crippen LogP contribution in [0.5, 0.6) is 0 Å². The molecular weight excluding hydrogens is 1020 g/mol. The molecule has 0 rings (SSSR count). The molecule has 0 spiro atoms. The van der Waals surface area contributed by atoms with Gasteiger partial charge in [0.2, 0.25) is 0 Å². The third kappa shape index (κ3) is 70.3. The van der Waals surface area contributed by atoms with Gasteiger partial charge in [0.15, 0.2) is 6.10 Å². The molecule has 0 bridgehead atoms. The smallest absolute Gasteiger partial charge is 0.306 e. The van der Waals surface area contributed by atoms with Gasteiger partial charge < -0.3 is 14.2 Å². The highest BCUT2D eigenvalue weighted by molar-refractivity contribution is 5.71. The maximum absolute atomic E-state index is 13.0. The van der Waals surface area contributed by atoms with Gasteiger partial charge in [-0.05, 0) is 51.4 Å². The first-order valence-electron chi connectivity index (χ1n) is 37.5. The number of allylic oxidation sites excluding steroid dienone is 6. The van der Waals surface area contributed by atoms with Gasteiger partial charge in [0.1, 0.15) is 13.2 Å². The molecule has 0 radical (unpaired) electrons. The van der Waals surface area contributed by atoms with Crippen LogP contribution in [0, 0.1) is 0 Å². The van der Waals surface area contributed by atoms with E-state index in [0.29, 0.717) is 19.3 Å². The molecule has 0 saturated carbocycles. The van der Waals surface area contributed by atoms with Crippen LogP contribution >= 0.6 is 0 Å². The van der Waals surface area contributed by atoms with E-state index >= 15 is 0 Å². The van der Waals surface area contributed by atoms with Crippen LogP contribution in [0.25, 0.3) is 0 Å². The standard InChI is InChI=1S/C77H144O6/c1-4-7-10-13-16-19-22-25-28-30-32-34-36-37-38-39-41-42-44-46-49-52-55-58-61-64-67-70-76(79)82-73-74(72-81-75(78)69-66-63-60-57-54-51-48-27-24-21-18-15-12-9-6-3)83-77(80)71-68-65-62-59-56-53-50-47-45-43-40-35-33-31-29-26-23-20-17-14-11-8-5-2/h9,12,18,21,27,48,74H,4-8,10-11,13-17,19-20,22-26,28-47,49-73H2,1-3H3/b12-9-,21-18-,48-27-. The molecule has 0 amide bonds. The van der Waals surface area contributed by atoms with Crippen molar-refractivity contribution in [2.24, 2.45) is 0 Å². The van der Waals surface area contributed by atoms with E-state index < -0.39 is 6.10 Å². The molecule has 0 fully saturated rings. The average Bonchev–Trinajstić information content (AvgIpc) is 3.49. The summed E-state index contributed by atoms with van der Waals surface area (Å²) in [7, 11) is 0. The summed E-state index contributed by atoms with van der Waals surface area (Å²) in [5.74, 6) is -0.856. The van der Waals surface area contributed by atoms with Crippen LogP contribution in [-0.4, -0.2) is 37.2 Å². The minimum Gasteiger partial charge on any atom is -0.462 e. The zero-order valence-electron chi connectivity index (χ0n) is 56.2. The molecule has 0 aromatic rings. The number of carbonyl (C=O) groups excluding carboxylic acids is 3. The van der Waals surface area contributed by atoms with Gasteiger partial charge >= 0.3 is 17.9 Å². The van der Waals surface area contributed by atoms with Crippen molar-refractivity contribution in [2.75, 3.05) is 13.2 Å². The SMILES string of the molecule is CC/C=C\C/C=C\C/C=C\CCCCCCCC(=O)OCC(COC(=O)CCCCCCCCCCCCCCCCCCCCCCCCCCCCC)OC(=O)CCCCCCCCCCCCCCCCCCCCCCCCC. The van der Waals surface area contributed by atoms with E-state index in [1.807, 2.05) is 0 Å². The maximum Gasteiger partial charge on any atom is 0.306 e. The molecule has 1 unspecified atom stereocenters. The summed E-state index contributed by atoms with van der Waals surface area (Å²) >= 11 is 0. The highest BCUT2D eigenvalue weighted by Crippen LogP contribution is 2.20. The van der Waals surface area contributed by atoms with Crippen LogP contribution in [0.4, 0.5) is 0 Å². The van der Waals surface area contributed by atoms with Crippen LogP contribution < -0.4 is 0 Å². The summed E-state index contributed by atoms with van der Waals surface area (Å²) in [4.78, 5) is 38.5. The average molecular weight is 1170 g/mol. The molecule has 0 saturated heterocycles. The largest absolute Gasteiger partial charge is 0.462 e. The van der Waals surface area contributed by atoms with Crippen LogP contribution in [0.2, 0.25) is 0 Å². The molecule has 0 N–H and O–H groups in total. The van der Waals surface area contributed by atoms with Gasteiger partial charge in [-0.3, -0.25) is 14.4 Å². The summed E-state index contributed by atoms with van der Waals surface area (Å²) in [6.07, 6.45) is 90.6. The van der Waals surface area contributed by atoms with E-state index in [-0.39, 0.29) is 31.1 Å². The molecule has 0 heterocycles. The van der Waals surface area contributed by atoms with Crippen molar-refractivity contribution >= 4 is 17.9 Å². The molecule has 0 aliphatic heterocycles. The first-order valence-corrected chi connectivity index (χ1v) is 37.5. The lowest BCUT2D eigenvalue weighted by molar-refractivity contribution is -0.167. The molecule has 488 valence electrons. The van der Waals surface area contributed by atoms with Crippen LogP contribution in [-0.2, 0) is 28.6 Å². The summed E-state index contributed by atoms with van der Waals surface area (Å²) < 4.78 is 17.0. The normalized spacial score (nSPS) is 12.2. The fourth-order valence-electron chi connectivity index (χ4n) is 11.6. The summed E-state index contributed by atoms with van der Waals surface area (Å²) in [5.41, 5.74) is 0. The van der Waals surface area contributed by atoms with E-state index in [1.54, 1.807) is 0 Å². The summed E-state index contributed by atoms with van der Waals surface area (Å²) in [6, 6.07) is 0.